The van der Waals surface area contributed by atoms with E-state index in [1.165, 1.54) is 5.57 Å². The number of Topliss-reactive ketones (excluding diaryl/α,β-unsaturated/α-hetero) is 1. The van der Waals surface area contributed by atoms with Crippen molar-refractivity contribution in [1.29, 1.82) is 0 Å². The monoisotopic (exact) mass is 552 g/mol. The van der Waals surface area contributed by atoms with Gasteiger partial charge in [-0.2, -0.15) is 0 Å². The second kappa shape index (κ2) is 9.04. The van der Waals surface area contributed by atoms with Crippen LogP contribution in [0.4, 0.5) is 0 Å². The molecule has 0 bridgehead atoms. The number of fused-ring (bicyclic) bond motifs is 7. The van der Waals surface area contributed by atoms with Crippen molar-refractivity contribution in [3.63, 3.8) is 0 Å². The molecule has 0 aromatic rings. The average molecular weight is 553 g/mol. The summed E-state index contributed by atoms with van der Waals surface area (Å²) in [7, 11) is 0. The first-order chi connectivity index (χ1) is 18.4. The third-order valence-corrected chi connectivity index (χ3v) is 13.8. The molecule has 222 valence electrons. The Bertz CT molecular complexity index is 1190. The molecule has 4 fully saturated rings. The molecule has 0 spiro atoms. The summed E-state index contributed by atoms with van der Waals surface area (Å²) in [6.07, 6.45) is 10.7. The molecule has 5 heteroatoms. The van der Waals surface area contributed by atoms with Gasteiger partial charge in [0.05, 0.1) is 0 Å². The van der Waals surface area contributed by atoms with E-state index in [0.717, 1.165) is 38.5 Å². The van der Waals surface area contributed by atoms with Crippen molar-refractivity contribution in [3.8, 4) is 0 Å². The number of ether oxygens (including phenoxy) is 1. The minimum atomic E-state index is -1.10. The van der Waals surface area contributed by atoms with E-state index in [0.29, 0.717) is 42.5 Å². The Morgan fingerprint density at radius 2 is 1.65 bits per heavy atom. The minimum absolute atomic E-state index is 0.0195. The number of allylic oxidation sites excluding steroid dienone is 3. The summed E-state index contributed by atoms with van der Waals surface area (Å²) in [4.78, 5) is 39.7. The Kier molecular flexibility index (Phi) is 6.69. The standard InChI is InChI=1S/C35H52O5/c1-10-21(2)28(37)40-27-20-34(9)22(23-19-30(3,4)17-18-35(23,27)29(38)39)11-12-25-32(7)15-14-26(36)31(5,6)24(32)13-16-33(25,34)8/h10-11,23-25,27H,12-20H2,1-9H3,(H,38,39)/b21-10-/t23-,24-,25+,27-,32-,33+,34+,35+/m0/s1. The molecule has 0 aliphatic heterocycles. The first kappa shape index (κ1) is 29.6. The van der Waals surface area contributed by atoms with Crippen LogP contribution in [0.1, 0.15) is 120 Å². The molecule has 40 heavy (non-hydrogen) atoms. The number of esters is 1. The highest BCUT2D eigenvalue weighted by atomic mass is 16.5. The van der Waals surface area contributed by atoms with Crippen LogP contribution in [-0.2, 0) is 19.1 Å². The van der Waals surface area contributed by atoms with Gasteiger partial charge in [0.25, 0.3) is 0 Å². The van der Waals surface area contributed by atoms with Gasteiger partial charge in [0, 0.05) is 23.3 Å². The maximum Gasteiger partial charge on any atom is 0.333 e. The van der Waals surface area contributed by atoms with Gasteiger partial charge in [0.2, 0.25) is 0 Å². The molecule has 1 N–H and O–H groups in total. The van der Waals surface area contributed by atoms with Crippen LogP contribution in [0.15, 0.2) is 23.3 Å². The molecule has 0 aromatic carbocycles. The predicted molar refractivity (Wildman–Crippen MR) is 156 cm³/mol. The van der Waals surface area contributed by atoms with Crippen molar-refractivity contribution in [3.05, 3.63) is 23.3 Å². The molecule has 5 aliphatic carbocycles. The zero-order valence-electron chi connectivity index (χ0n) is 26.4. The highest BCUT2D eigenvalue weighted by Crippen LogP contribution is 2.75. The highest BCUT2D eigenvalue weighted by Gasteiger charge is 2.72. The summed E-state index contributed by atoms with van der Waals surface area (Å²) in [5.41, 5.74) is 0.0990. The molecule has 0 saturated heterocycles. The first-order valence-electron chi connectivity index (χ1n) is 15.7. The SMILES string of the molecule is C/C=C(/C)C(=O)O[C@H]1C[C@]2(C)C(=CC[C@@H]3[C@@]4(C)CCC(=O)C(C)(C)[C@@H]4CC[C@]32C)[C@@H]2CC(C)(C)CC[C@]12C(=O)O. The second-order valence-electron chi connectivity index (χ2n) is 16.3. The summed E-state index contributed by atoms with van der Waals surface area (Å²) >= 11 is 0. The number of hydrogen-bond donors (Lipinski definition) is 1. The molecule has 0 heterocycles. The molecular weight excluding hydrogens is 500 g/mol. The Balaban J connectivity index is 1.66. The summed E-state index contributed by atoms with van der Waals surface area (Å²) in [5.74, 6) is -0.238. The number of carbonyl (C=O) groups is 3. The van der Waals surface area contributed by atoms with E-state index in [2.05, 4.69) is 54.5 Å². The van der Waals surface area contributed by atoms with Crippen molar-refractivity contribution < 1.29 is 24.2 Å². The van der Waals surface area contributed by atoms with Gasteiger partial charge < -0.3 is 9.84 Å². The molecule has 5 nitrogen and oxygen atoms in total. The van der Waals surface area contributed by atoms with Crippen LogP contribution >= 0.6 is 0 Å². The Hall–Kier alpha value is -1.91. The Morgan fingerprint density at radius 1 is 0.975 bits per heavy atom. The number of carboxylic acids is 1. The van der Waals surface area contributed by atoms with Gasteiger partial charge in [-0.1, -0.05) is 66.2 Å². The van der Waals surface area contributed by atoms with Crippen LogP contribution in [0.2, 0.25) is 0 Å². The third kappa shape index (κ3) is 3.73. The molecule has 8 atom stereocenters. The van der Waals surface area contributed by atoms with Gasteiger partial charge in [-0.15, -0.1) is 0 Å². The summed E-state index contributed by atoms with van der Waals surface area (Å²) in [5, 5.41) is 11.0. The average Bonchev–Trinajstić information content (AvgIpc) is 2.86. The van der Waals surface area contributed by atoms with Gasteiger partial charge in [-0.3, -0.25) is 9.59 Å². The van der Waals surface area contributed by atoms with Crippen LogP contribution in [0.25, 0.3) is 0 Å². The van der Waals surface area contributed by atoms with E-state index in [1.54, 1.807) is 13.0 Å². The van der Waals surface area contributed by atoms with Crippen molar-refractivity contribution in [2.75, 3.05) is 0 Å². The van der Waals surface area contributed by atoms with E-state index in [-0.39, 0.29) is 33.0 Å². The van der Waals surface area contributed by atoms with Crippen molar-refractivity contribution in [2.24, 2.45) is 50.2 Å². The van der Waals surface area contributed by atoms with Crippen LogP contribution in [-0.4, -0.2) is 28.9 Å². The summed E-state index contributed by atoms with van der Waals surface area (Å²) < 4.78 is 6.30. The first-order valence-corrected chi connectivity index (χ1v) is 15.7. The van der Waals surface area contributed by atoms with Gasteiger partial charge in [0.15, 0.2) is 0 Å². The van der Waals surface area contributed by atoms with Gasteiger partial charge >= 0.3 is 11.9 Å². The zero-order chi connectivity index (χ0) is 29.7. The van der Waals surface area contributed by atoms with E-state index in [9.17, 15) is 19.5 Å². The van der Waals surface area contributed by atoms with Crippen molar-refractivity contribution in [2.45, 2.75) is 126 Å². The summed E-state index contributed by atoms with van der Waals surface area (Å²) in [6, 6.07) is 0. The predicted octanol–water partition coefficient (Wildman–Crippen LogP) is 7.93. The lowest BCUT2D eigenvalue weighted by Gasteiger charge is -2.71. The number of hydrogen-bond acceptors (Lipinski definition) is 4. The maximum absolute atomic E-state index is 13.4. The molecule has 0 aromatic heterocycles. The largest absolute Gasteiger partial charge is 0.481 e. The summed E-state index contributed by atoms with van der Waals surface area (Å²) in [6.45, 7) is 19.7. The van der Waals surface area contributed by atoms with Gasteiger partial charge in [-0.25, -0.2) is 4.79 Å². The quantitative estimate of drug-likeness (QED) is 0.218. The van der Waals surface area contributed by atoms with Crippen LogP contribution in [0.3, 0.4) is 0 Å². The van der Waals surface area contributed by atoms with Crippen molar-refractivity contribution >= 4 is 17.7 Å². The Labute approximate surface area is 241 Å². The fourth-order valence-electron chi connectivity index (χ4n) is 11.0. The molecule has 0 unspecified atom stereocenters. The van der Waals surface area contributed by atoms with Crippen molar-refractivity contribution in [1.82, 2.24) is 0 Å². The normalized spacial score (nSPS) is 45.7. The van der Waals surface area contributed by atoms with E-state index >= 15 is 0 Å². The number of carboxylic acid groups (broad SMARTS) is 1. The molecule has 5 aliphatic rings. The lowest BCUT2D eigenvalue weighted by molar-refractivity contribution is -0.213. The topological polar surface area (TPSA) is 80.7 Å². The highest BCUT2D eigenvalue weighted by molar-refractivity contribution is 5.88. The number of ketones is 1. The van der Waals surface area contributed by atoms with E-state index in [4.69, 9.17) is 4.74 Å². The molecule has 0 radical (unpaired) electrons. The van der Waals surface area contributed by atoms with Crippen LogP contribution < -0.4 is 0 Å². The van der Waals surface area contributed by atoms with Crippen LogP contribution in [0, 0.1) is 50.2 Å². The maximum atomic E-state index is 13.4. The zero-order valence-corrected chi connectivity index (χ0v) is 26.4. The fourth-order valence-corrected chi connectivity index (χ4v) is 11.0. The lowest BCUT2D eigenvalue weighted by atomic mass is 9.33. The minimum Gasteiger partial charge on any atom is -0.481 e. The molecule has 5 rings (SSSR count). The van der Waals surface area contributed by atoms with E-state index < -0.39 is 23.5 Å². The van der Waals surface area contributed by atoms with Gasteiger partial charge in [0.1, 0.15) is 17.3 Å². The number of rotatable bonds is 3. The number of carbonyl (C=O) groups excluding carboxylic acids is 2. The fraction of sp³-hybridized carbons (Fsp3) is 0.800. The van der Waals surface area contributed by atoms with E-state index in [1.807, 2.05) is 6.92 Å². The Morgan fingerprint density at radius 3 is 2.27 bits per heavy atom. The second-order valence-corrected chi connectivity index (χ2v) is 16.3. The molecular formula is C35H52O5. The van der Waals surface area contributed by atoms with Gasteiger partial charge in [-0.05, 0) is 98.7 Å². The third-order valence-electron chi connectivity index (χ3n) is 13.8. The smallest absolute Gasteiger partial charge is 0.333 e. The molecule has 4 saturated carbocycles. The molecule has 0 amide bonds. The number of aliphatic carboxylic acids is 1. The lowest BCUT2D eigenvalue weighted by Crippen LogP contribution is -2.67. The van der Waals surface area contributed by atoms with Crippen LogP contribution in [0.5, 0.6) is 0 Å².